The van der Waals surface area contributed by atoms with Crippen LogP contribution in [0.4, 0.5) is 0 Å². The predicted octanol–water partition coefficient (Wildman–Crippen LogP) is 2.06. The second kappa shape index (κ2) is 4.42. The minimum absolute atomic E-state index is 0.0685. The SMILES string of the molecule is CCS(=O)(=O)C1C(C=O)C1c1cccc(Cl)c1. The van der Waals surface area contributed by atoms with Crippen molar-refractivity contribution in [1.82, 2.24) is 0 Å². The van der Waals surface area contributed by atoms with Gasteiger partial charge in [-0.25, -0.2) is 8.42 Å². The molecule has 1 aromatic rings. The summed E-state index contributed by atoms with van der Waals surface area (Å²) in [4.78, 5) is 10.9. The van der Waals surface area contributed by atoms with E-state index in [9.17, 15) is 13.2 Å². The van der Waals surface area contributed by atoms with Crippen LogP contribution in [0.25, 0.3) is 0 Å². The molecule has 1 aliphatic carbocycles. The number of aldehydes is 1. The molecule has 0 spiro atoms. The van der Waals surface area contributed by atoms with Crippen LogP contribution in [-0.4, -0.2) is 25.7 Å². The van der Waals surface area contributed by atoms with Crippen molar-refractivity contribution in [1.29, 1.82) is 0 Å². The van der Waals surface area contributed by atoms with Gasteiger partial charge in [0.05, 0.1) is 5.25 Å². The average molecular weight is 273 g/mol. The summed E-state index contributed by atoms with van der Waals surface area (Å²) in [5.74, 6) is -0.575. The lowest BCUT2D eigenvalue weighted by Gasteiger charge is -2.01. The van der Waals surface area contributed by atoms with Gasteiger partial charge in [0.15, 0.2) is 9.84 Å². The predicted molar refractivity (Wildman–Crippen MR) is 67.0 cm³/mol. The summed E-state index contributed by atoms with van der Waals surface area (Å²) >= 11 is 5.87. The summed E-state index contributed by atoms with van der Waals surface area (Å²) in [7, 11) is -3.17. The zero-order chi connectivity index (χ0) is 12.6. The van der Waals surface area contributed by atoms with Gasteiger partial charge in [-0.1, -0.05) is 30.7 Å². The van der Waals surface area contributed by atoms with Gasteiger partial charge in [-0.15, -0.1) is 0 Å². The lowest BCUT2D eigenvalue weighted by Crippen LogP contribution is -2.12. The summed E-state index contributed by atoms with van der Waals surface area (Å²) in [5, 5.41) is -0.00448. The molecule has 17 heavy (non-hydrogen) atoms. The molecular weight excluding hydrogens is 260 g/mol. The Hall–Kier alpha value is -0.870. The fourth-order valence-corrected chi connectivity index (χ4v) is 4.24. The van der Waals surface area contributed by atoms with Gasteiger partial charge in [0.2, 0.25) is 0 Å². The van der Waals surface area contributed by atoms with Gasteiger partial charge >= 0.3 is 0 Å². The lowest BCUT2D eigenvalue weighted by molar-refractivity contribution is -0.108. The first-order valence-electron chi connectivity index (χ1n) is 5.43. The van der Waals surface area contributed by atoms with Crippen LogP contribution in [0.3, 0.4) is 0 Å². The number of hydrogen-bond donors (Lipinski definition) is 0. The van der Waals surface area contributed by atoms with Crippen molar-refractivity contribution in [3.8, 4) is 0 Å². The molecule has 3 atom stereocenters. The molecule has 92 valence electrons. The highest BCUT2D eigenvalue weighted by Crippen LogP contribution is 2.51. The third-order valence-corrected chi connectivity index (χ3v) is 5.69. The van der Waals surface area contributed by atoms with E-state index in [1.165, 1.54) is 0 Å². The zero-order valence-electron chi connectivity index (χ0n) is 9.34. The van der Waals surface area contributed by atoms with Crippen LogP contribution in [0, 0.1) is 5.92 Å². The Morgan fingerprint density at radius 1 is 1.41 bits per heavy atom. The van der Waals surface area contributed by atoms with E-state index in [1.807, 2.05) is 6.07 Å². The Labute approximate surface area is 106 Å². The average Bonchev–Trinajstić information content (AvgIpc) is 3.04. The van der Waals surface area contributed by atoms with E-state index >= 15 is 0 Å². The summed E-state index contributed by atoms with van der Waals surface area (Å²) < 4.78 is 23.6. The monoisotopic (exact) mass is 272 g/mol. The number of sulfone groups is 1. The first kappa shape index (κ1) is 12.6. The highest BCUT2D eigenvalue weighted by molar-refractivity contribution is 7.92. The van der Waals surface area contributed by atoms with Gasteiger partial charge in [-0.3, -0.25) is 0 Å². The maximum absolute atomic E-state index is 11.8. The van der Waals surface area contributed by atoms with E-state index in [0.29, 0.717) is 5.02 Å². The molecule has 5 heteroatoms. The number of hydrogen-bond acceptors (Lipinski definition) is 3. The van der Waals surface area contributed by atoms with Crippen LogP contribution in [-0.2, 0) is 14.6 Å². The summed E-state index contributed by atoms with van der Waals surface area (Å²) in [5.41, 5.74) is 0.830. The third-order valence-electron chi connectivity index (χ3n) is 3.21. The molecule has 1 aromatic carbocycles. The van der Waals surface area contributed by atoms with Crippen molar-refractivity contribution < 1.29 is 13.2 Å². The molecule has 0 amide bonds. The molecule has 0 aromatic heterocycles. The van der Waals surface area contributed by atoms with Crippen LogP contribution in [0.15, 0.2) is 24.3 Å². The van der Waals surface area contributed by atoms with Crippen LogP contribution in [0.2, 0.25) is 5.02 Å². The zero-order valence-corrected chi connectivity index (χ0v) is 10.9. The fourth-order valence-electron chi connectivity index (χ4n) is 2.25. The lowest BCUT2D eigenvalue weighted by atomic mass is 10.1. The molecular formula is C12H13ClO3S. The van der Waals surface area contributed by atoms with Crippen molar-refractivity contribution in [2.45, 2.75) is 18.1 Å². The van der Waals surface area contributed by atoms with E-state index < -0.39 is 21.0 Å². The van der Waals surface area contributed by atoms with Gasteiger partial charge in [-0.05, 0) is 17.7 Å². The van der Waals surface area contributed by atoms with Crippen molar-refractivity contribution in [2.75, 3.05) is 5.75 Å². The number of carbonyl (C=O) groups excluding carboxylic acids is 1. The molecule has 0 saturated heterocycles. The fraction of sp³-hybridized carbons (Fsp3) is 0.417. The van der Waals surface area contributed by atoms with Crippen LogP contribution < -0.4 is 0 Å². The Balaban J connectivity index is 2.33. The highest BCUT2D eigenvalue weighted by Gasteiger charge is 2.57. The number of carbonyl (C=O) groups is 1. The van der Waals surface area contributed by atoms with E-state index in [0.717, 1.165) is 11.8 Å². The van der Waals surface area contributed by atoms with E-state index in [4.69, 9.17) is 11.6 Å². The number of halogens is 1. The van der Waals surface area contributed by atoms with Gasteiger partial charge in [-0.2, -0.15) is 0 Å². The minimum Gasteiger partial charge on any atom is -0.303 e. The molecule has 0 N–H and O–H groups in total. The largest absolute Gasteiger partial charge is 0.303 e. The topological polar surface area (TPSA) is 51.2 Å². The van der Waals surface area contributed by atoms with E-state index in [1.54, 1.807) is 25.1 Å². The third kappa shape index (κ3) is 2.24. The highest BCUT2D eigenvalue weighted by atomic mass is 35.5. The summed E-state index contributed by atoms with van der Waals surface area (Å²) in [6.07, 6.45) is 0.740. The van der Waals surface area contributed by atoms with Gasteiger partial charge in [0.25, 0.3) is 0 Å². The smallest absolute Gasteiger partial charge is 0.154 e. The maximum atomic E-state index is 11.8. The molecule has 3 nitrogen and oxygen atoms in total. The standard InChI is InChI=1S/C12H13ClO3S/c1-2-17(15,16)12-10(7-14)11(12)8-4-3-5-9(13)6-8/h3-7,10-12H,2H2,1H3. The molecule has 0 aliphatic heterocycles. The van der Waals surface area contributed by atoms with E-state index in [2.05, 4.69) is 0 Å². The minimum atomic E-state index is -3.17. The molecule has 2 rings (SSSR count). The molecule has 0 radical (unpaired) electrons. The van der Waals surface area contributed by atoms with Gasteiger partial charge in [0.1, 0.15) is 6.29 Å². The van der Waals surface area contributed by atoms with Crippen LogP contribution in [0.1, 0.15) is 18.4 Å². The molecule has 1 aliphatic rings. The Bertz CT molecular complexity index is 538. The first-order chi connectivity index (χ1) is 8.01. The van der Waals surface area contributed by atoms with Gasteiger partial charge in [0, 0.05) is 22.6 Å². The van der Waals surface area contributed by atoms with Crippen molar-refractivity contribution in [2.24, 2.45) is 5.92 Å². The summed E-state index contributed by atoms with van der Waals surface area (Å²) in [6.45, 7) is 1.60. The number of benzene rings is 1. The Morgan fingerprint density at radius 3 is 2.65 bits per heavy atom. The maximum Gasteiger partial charge on any atom is 0.154 e. The van der Waals surface area contributed by atoms with Crippen LogP contribution >= 0.6 is 11.6 Å². The quantitative estimate of drug-likeness (QED) is 0.789. The van der Waals surface area contributed by atoms with E-state index in [-0.39, 0.29) is 11.7 Å². The molecule has 3 unspecified atom stereocenters. The first-order valence-corrected chi connectivity index (χ1v) is 7.53. The van der Waals surface area contributed by atoms with Crippen molar-refractivity contribution >= 4 is 27.7 Å². The van der Waals surface area contributed by atoms with Gasteiger partial charge < -0.3 is 4.79 Å². The Morgan fingerprint density at radius 2 is 2.12 bits per heavy atom. The molecule has 0 heterocycles. The van der Waals surface area contributed by atoms with Crippen LogP contribution in [0.5, 0.6) is 0 Å². The van der Waals surface area contributed by atoms with Crippen molar-refractivity contribution in [3.05, 3.63) is 34.9 Å². The Kier molecular flexibility index (Phi) is 3.27. The second-order valence-corrected chi connectivity index (χ2v) is 7.09. The molecule has 0 bridgehead atoms. The second-order valence-electron chi connectivity index (χ2n) is 4.21. The normalized spacial score (nSPS) is 27.8. The number of rotatable bonds is 4. The molecule has 1 saturated carbocycles. The molecule has 1 fully saturated rings. The summed E-state index contributed by atoms with van der Waals surface area (Å²) in [6, 6.07) is 7.05. The van der Waals surface area contributed by atoms with Crippen molar-refractivity contribution in [3.63, 3.8) is 0 Å².